The van der Waals surface area contributed by atoms with Crippen molar-refractivity contribution in [3.05, 3.63) is 23.0 Å². The first-order valence-corrected chi connectivity index (χ1v) is 3.54. The summed E-state index contributed by atoms with van der Waals surface area (Å²) in [5.74, 6) is 4.00. The molecule has 2 rings (SSSR count). The van der Waals surface area contributed by atoms with E-state index in [1.165, 1.54) is 5.47 Å². The molecule has 0 N–H and O–H groups in total. The van der Waals surface area contributed by atoms with Crippen molar-refractivity contribution in [3.63, 3.8) is 0 Å². The van der Waals surface area contributed by atoms with Gasteiger partial charge < -0.3 is 9.47 Å². The van der Waals surface area contributed by atoms with Crippen molar-refractivity contribution in [3.8, 4) is 0 Å². The maximum absolute atomic E-state index is 5.40. The molecule has 1 saturated heterocycles. The fourth-order valence-electron chi connectivity index (χ4n) is 1.26. The molecule has 0 amide bonds. The van der Waals surface area contributed by atoms with E-state index in [4.69, 9.17) is 9.47 Å². The monoisotopic (exact) mass is 136 g/mol. The number of hydrogen-bond acceptors (Lipinski definition) is 2. The van der Waals surface area contributed by atoms with Gasteiger partial charge in [-0.25, -0.2) is 0 Å². The Bertz CT molecular complexity index is 218. The average molecular weight is 136 g/mol. The molecule has 52 valence electrons. The minimum absolute atomic E-state index is 0.697. The quantitative estimate of drug-likeness (QED) is 0.453. The summed E-state index contributed by atoms with van der Waals surface area (Å²) in [5.41, 5.74) is 1.29. The Kier molecular flexibility index (Phi) is 1.23. The standard InChI is InChI=1S/C7H9BO2/c1-5-7-6(4-8-5)9-2-3-10-7/h4,8H,2-3H2,1H3. The molecule has 0 aromatic heterocycles. The van der Waals surface area contributed by atoms with Crippen molar-refractivity contribution in [1.29, 1.82) is 0 Å². The van der Waals surface area contributed by atoms with Gasteiger partial charge in [0.25, 0.3) is 0 Å². The number of fused-ring (bicyclic) bond motifs is 1. The van der Waals surface area contributed by atoms with Gasteiger partial charge in [-0.2, -0.15) is 0 Å². The first kappa shape index (κ1) is 5.89. The predicted octanol–water partition coefficient (Wildman–Crippen LogP) is 0.556. The van der Waals surface area contributed by atoms with Crippen molar-refractivity contribution in [1.82, 2.24) is 0 Å². The first-order chi connectivity index (χ1) is 4.88. The Labute approximate surface area is 60.8 Å². The van der Waals surface area contributed by atoms with Crippen LogP contribution < -0.4 is 0 Å². The van der Waals surface area contributed by atoms with Crippen molar-refractivity contribution >= 4 is 7.28 Å². The fourth-order valence-corrected chi connectivity index (χ4v) is 1.26. The maximum atomic E-state index is 5.40. The highest BCUT2D eigenvalue weighted by molar-refractivity contribution is 6.52. The Balaban J connectivity index is 2.29. The number of allylic oxidation sites excluding steroid dienone is 1. The lowest BCUT2D eigenvalue weighted by atomic mass is 9.74. The number of rotatable bonds is 0. The van der Waals surface area contributed by atoms with E-state index in [1.54, 1.807) is 0 Å². The summed E-state index contributed by atoms with van der Waals surface area (Å²) in [6.07, 6.45) is 0. The third-order valence-corrected chi connectivity index (χ3v) is 1.79. The second-order valence-corrected chi connectivity index (χ2v) is 2.58. The van der Waals surface area contributed by atoms with Gasteiger partial charge in [0.15, 0.2) is 13.0 Å². The first-order valence-electron chi connectivity index (χ1n) is 3.54. The molecule has 0 atom stereocenters. The van der Waals surface area contributed by atoms with Gasteiger partial charge >= 0.3 is 0 Å². The van der Waals surface area contributed by atoms with Crippen LogP contribution in [0.3, 0.4) is 0 Å². The molecular weight excluding hydrogens is 127 g/mol. The highest BCUT2D eigenvalue weighted by atomic mass is 16.6. The van der Waals surface area contributed by atoms with Crippen LogP contribution in [0.5, 0.6) is 0 Å². The molecule has 3 heteroatoms. The number of ether oxygens (including phenoxy) is 2. The normalized spacial score (nSPS) is 22.3. The lowest BCUT2D eigenvalue weighted by Crippen LogP contribution is -2.12. The number of hydrogen-bond donors (Lipinski definition) is 0. The smallest absolute Gasteiger partial charge is 0.187 e. The lowest BCUT2D eigenvalue weighted by molar-refractivity contribution is 0.0602. The van der Waals surface area contributed by atoms with E-state index in [1.807, 2.05) is 0 Å². The largest absolute Gasteiger partial charge is 0.487 e. The topological polar surface area (TPSA) is 18.5 Å². The van der Waals surface area contributed by atoms with Crippen molar-refractivity contribution in [2.75, 3.05) is 13.2 Å². The fraction of sp³-hybridized carbons (Fsp3) is 0.429. The Morgan fingerprint density at radius 2 is 2.20 bits per heavy atom. The van der Waals surface area contributed by atoms with Crippen LogP contribution in [-0.2, 0) is 9.47 Å². The molecule has 0 radical (unpaired) electrons. The Morgan fingerprint density at radius 3 is 3.00 bits per heavy atom. The zero-order valence-electron chi connectivity index (χ0n) is 6.02. The highest BCUT2D eigenvalue weighted by Crippen LogP contribution is 2.25. The van der Waals surface area contributed by atoms with Gasteiger partial charge in [-0.05, 0) is 6.92 Å². The summed E-state index contributed by atoms with van der Waals surface area (Å²) in [6.45, 7) is 3.47. The van der Waals surface area contributed by atoms with Crippen LogP contribution in [0.25, 0.3) is 0 Å². The molecule has 0 saturated carbocycles. The van der Waals surface area contributed by atoms with Crippen molar-refractivity contribution in [2.45, 2.75) is 6.92 Å². The lowest BCUT2D eigenvalue weighted by Gasteiger charge is -2.19. The molecule has 2 heterocycles. The molecule has 10 heavy (non-hydrogen) atoms. The van der Waals surface area contributed by atoms with Gasteiger partial charge in [0.1, 0.15) is 19.0 Å². The van der Waals surface area contributed by atoms with E-state index in [9.17, 15) is 0 Å². The second kappa shape index (κ2) is 2.08. The van der Waals surface area contributed by atoms with Crippen LogP contribution in [0.15, 0.2) is 23.0 Å². The van der Waals surface area contributed by atoms with E-state index < -0.39 is 0 Å². The van der Waals surface area contributed by atoms with Gasteiger partial charge in [-0.1, -0.05) is 11.4 Å². The van der Waals surface area contributed by atoms with Crippen LogP contribution in [0, 0.1) is 0 Å². The zero-order chi connectivity index (χ0) is 6.97. The van der Waals surface area contributed by atoms with Crippen LogP contribution in [0.2, 0.25) is 0 Å². The molecule has 0 aromatic carbocycles. The molecular formula is C7H9BO2. The molecule has 1 fully saturated rings. The van der Waals surface area contributed by atoms with Gasteiger partial charge in [0.2, 0.25) is 0 Å². The molecule has 2 aliphatic heterocycles. The summed E-state index contributed by atoms with van der Waals surface area (Å²) in [6, 6.07) is 0. The third kappa shape index (κ3) is 0.736. The van der Waals surface area contributed by atoms with Crippen LogP contribution in [0.1, 0.15) is 6.92 Å². The highest BCUT2D eigenvalue weighted by Gasteiger charge is 2.21. The van der Waals surface area contributed by atoms with Gasteiger partial charge in [0, 0.05) is 0 Å². The zero-order valence-corrected chi connectivity index (χ0v) is 6.02. The van der Waals surface area contributed by atoms with Gasteiger partial charge in [-0.15, -0.1) is 0 Å². The molecule has 2 aliphatic rings. The molecule has 0 bridgehead atoms. The van der Waals surface area contributed by atoms with E-state index in [2.05, 4.69) is 12.9 Å². The van der Waals surface area contributed by atoms with E-state index in [-0.39, 0.29) is 0 Å². The third-order valence-electron chi connectivity index (χ3n) is 1.79. The summed E-state index contributed by atoms with van der Waals surface area (Å²) in [4.78, 5) is 0. The summed E-state index contributed by atoms with van der Waals surface area (Å²) < 4.78 is 10.8. The Morgan fingerprint density at radius 1 is 1.40 bits per heavy atom. The molecule has 0 aromatic rings. The van der Waals surface area contributed by atoms with Gasteiger partial charge in [0.05, 0.1) is 0 Å². The van der Waals surface area contributed by atoms with E-state index in [0.29, 0.717) is 13.2 Å². The molecule has 0 unspecified atom stereocenters. The van der Waals surface area contributed by atoms with Crippen molar-refractivity contribution in [2.24, 2.45) is 0 Å². The SMILES string of the molecule is CC1=C2OCCOC2=CB1. The average Bonchev–Trinajstić information content (AvgIpc) is 2.34. The molecule has 0 spiro atoms. The van der Waals surface area contributed by atoms with E-state index in [0.717, 1.165) is 18.8 Å². The Hall–Kier alpha value is -0.855. The summed E-state index contributed by atoms with van der Waals surface area (Å²) in [7, 11) is 0.991. The van der Waals surface area contributed by atoms with E-state index >= 15 is 0 Å². The molecule has 2 nitrogen and oxygen atoms in total. The van der Waals surface area contributed by atoms with Crippen molar-refractivity contribution < 1.29 is 9.47 Å². The van der Waals surface area contributed by atoms with Gasteiger partial charge in [-0.3, -0.25) is 0 Å². The maximum Gasteiger partial charge on any atom is 0.187 e. The minimum atomic E-state index is 0.697. The summed E-state index contributed by atoms with van der Waals surface area (Å²) >= 11 is 0. The molecule has 0 aliphatic carbocycles. The summed E-state index contributed by atoms with van der Waals surface area (Å²) in [5, 5.41) is 0. The van der Waals surface area contributed by atoms with Crippen LogP contribution in [0.4, 0.5) is 0 Å². The van der Waals surface area contributed by atoms with Crippen LogP contribution in [-0.4, -0.2) is 20.5 Å². The predicted molar refractivity (Wildman–Crippen MR) is 39.8 cm³/mol. The second-order valence-electron chi connectivity index (χ2n) is 2.58. The van der Waals surface area contributed by atoms with Crippen LogP contribution >= 0.6 is 0 Å². The minimum Gasteiger partial charge on any atom is -0.487 e.